The molecule has 18 heavy (non-hydrogen) atoms. The Morgan fingerprint density at radius 3 is 2.33 bits per heavy atom. The molecule has 2 rings (SSSR count). The van der Waals surface area contributed by atoms with Crippen LogP contribution in [0, 0.1) is 6.92 Å². The van der Waals surface area contributed by atoms with Crippen molar-refractivity contribution in [1.29, 1.82) is 0 Å². The summed E-state index contributed by atoms with van der Waals surface area (Å²) in [6, 6.07) is 0. The third-order valence-corrected chi connectivity index (χ3v) is 3.43. The fraction of sp³-hybridized carbons (Fsp3) is 0.667. The van der Waals surface area contributed by atoms with Crippen molar-refractivity contribution in [3.05, 3.63) is 16.5 Å². The Kier molecular flexibility index (Phi) is 4.37. The summed E-state index contributed by atoms with van der Waals surface area (Å²) in [6.45, 7) is 2.74. The van der Waals surface area contributed by atoms with E-state index in [9.17, 15) is 0 Å². The van der Waals surface area contributed by atoms with Gasteiger partial charge in [-0.3, -0.25) is 0 Å². The number of aliphatic hydroxyl groups excluding tert-OH is 2. The highest BCUT2D eigenvalue weighted by Crippen LogP contribution is 2.39. The highest BCUT2D eigenvalue weighted by molar-refractivity contribution is 6.30. The van der Waals surface area contributed by atoms with Crippen molar-refractivity contribution in [3.63, 3.8) is 0 Å². The molecule has 6 heteroatoms. The van der Waals surface area contributed by atoms with Gasteiger partial charge in [0.15, 0.2) is 0 Å². The van der Waals surface area contributed by atoms with Gasteiger partial charge in [-0.2, -0.15) is 0 Å². The molecule has 1 aliphatic rings. The molecule has 0 unspecified atom stereocenters. The van der Waals surface area contributed by atoms with Crippen molar-refractivity contribution in [2.75, 3.05) is 31.2 Å². The van der Waals surface area contributed by atoms with E-state index in [0.717, 1.165) is 30.0 Å². The Morgan fingerprint density at radius 1 is 1.22 bits per heavy atom. The number of nitrogens with zero attached hydrogens (tertiary/aromatic N) is 3. The highest BCUT2D eigenvalue weighted by Gasteiger charge is 2.28. The van der Waals surface area contributed by atoms with Gasteiger partial charge in [0, 0.05) is 24.6 Å². The van der Waals surface area contributed by atoms with E-state index in [-0.39, 0.29) is 13.2 Å². The van der Waals surface area contributed by atoms with E-state index in [0.29, 0.717) is 24.2 Å². The fourth-order valence-electron chi connectivity index (χ4n) is 1.89. The zero-order valence-corrected chi connectivity index (χ0v) is 11.2. The molecule has 1 saturated carbocycles. The van der Waals surface area contributed by atoms with Gasteiger partial charge in [-0.15, -0.1) is 0 Å². The van der Waals surface area contributed by atoms with Crippen molar-refractivity contribution in [2.45, 2.75) is 25.7 Å². The third-order valence-electron chi connectivity index (χ3n) is 3.06. The van der Waals surface area contributed by atoms with Gasteiger partial charge in [-0.25, -0.2) is 9.97 Å². The maximum atomic E-state index is 9.08. The molecule has 0 saturated heterocycles. The number of hydrogen-bond donors (Lipinski definition) is 2. The van der Waals surface area contributed by atoms with Crippen LogP contribution in [-0.2, 0) is 0 Å². The molecular weight excluding hydrogens is 254 g/mol. The summed E-state index contributed by atoms with van der Waals surface area (Å²) in [5.41, 5.74) is 0.794. The smallest absolute Gasteiger partial charge is 0.137 e. The lowest BCUT2D eigenvalue weighted by Gasteiger charge is -2.24. The first kappa shape index (κ1) is 13.5. The molecule has 1 fully saturated rings. The quantitative estimate of drug-likeness (QED) is 0.759. The van der Waals surface area contributed by atoms with E-state index < -0.39 is 0 Å². The number of aliphatic hydroxyl groups is 2. The lowest BCUT2D eigenvalue weighted by molar-refractivity contribution is 0.280. The molecule has 100 valence electrons. The van der Waals surface area contributed by atoms with Gasteiger partial charge in [0.05, 0.1) is 13.2 Å². The highest BCUT2D eigenvalue weighted by atomic mass is 35.5. The minimum Gasteiger partial charge on any atom is -0.395 e. The molecule has 0 bridgehead atoms. The standard InChI is InChI=1S/C12H18ClN3O2/c1-8-10(13)14-11(9-2-3-9)15-12(8)16(4-6-17)5-7-18/h9,17-18H,2-7H2,1H3. The van der Waals surface area contributed by atoms with Crippen LogP contribution >= 0.6 is 11.6 Å². The van der Waals surface area contributed by atoms with Crippen molar-refractivity contribution in [3.8, 4) is 0 Å². The number of hydrogen-bond acceptors (Lipinski definition) is 5. The van der Waals surface area contributed by atoms with E-state index in [2.05, 4.69) is 9.97 Å². The maximum Gasteiger partial charge on any atom is 0.137 e. The molecule has 0 aromatic carbocycles. The maximum absolute atomic E-state index is 9.08. The normalized spacial score (nSPS) is 14.9. The molecule has 0 amide bonds. The van der Waals surface area contributed by atoms with Crippen LogP contribution in [-0.4, -0.2) is 46.5 Å². The van der Waals surface area contributed by atoms with Crippen LogP contribution in [0.1, 0.15) is 30.1 Å². The van der Waals surface area contributed by atoms with Crippen molar-refractivity contribution >= 4 is 17.4 Å². The summed E-state index contributed by atoms with van der Waals surface area (Å²) in [5.74, 6) is 1.92. The Labute approximate surface area is 111 Å². The Balaban J connectivity index is 2.33. The topological polar surface area (TPSA) is 69.5 Å². The predicted octanol–water partition coefficient (Wildman–Crippen LogP) is 1.11. The van der Waals surface area contributed by atoms with Crippen LogP contribution < -0.4 is 4.90 Å². The zero-order chi connectivity index (χ0) is 13.1. The molecule has 2 N–H and O–H groups in total. The molecule has 1 heterocycles. The van der Waals surface area contributed by atoms with Crippen LogP contribution in [0.25, 0.3) is 0 Å². The Morgan fingerprint density at radius 2 is 1.83 bits per heavy atom. The third kappa shape index (κ3) is 2.91. The van der Waals surface area contributed by atoms with Crippen molar-refractivity contribution < 1.29 is 10.2 Å². The van der Waals surface area contributed by atoms with Crippen LogP contribution in [0.15, 0.2) is 0 Å². The summed E-state index contributed by atoms with van der Waals surface area (Å²) in [6.07, 6.45) is 2.22. The molecule has 0 radical (unpaired) electrons. The monoisotopic (exact) mass is 271 g/mol. The Bertz CT molecular complexity index is 418. The summed E-state index contributed by atoms with van der Waals surface area (Å²) < 4.78 is 0. The molecule has 5 nitrogen and oxygen atoms in total. The van der Waals surface area contributed by atoms with Gasteiger partial charge in [0.1, 0.15) is 16.8 Å². The molecule has 0 spiro atoms. The molecule has 0 aliphatic heterocycles. The largest absolute Gasteiger partial charge is 0.395 e. The van der Waals surface area contributed by atoms with Gasteiger partial charge < -0.3 is 15.1 Å². The van der Waals surface area contributed by atoms with Crippen molar-refractivity contribution in [2.24, 2.45) is 0 Å². The number of anilines is 1. The zero-order valence-electron chi connectivity index (χ0n) is 10.4. The summed E-state index contributed by atoms with van der Waals surface area (Å²) in [5, 5.41) is 18.6. The van der Waals surface area contributed by atoms with Crippen LogP contribution in [0.5, 0.6) is 0 Å². The van der Waals surface area contributed by atoms with E-state index in [1.165, 1.54) is 0 Å². The number of halogens is 1. The lowest BCUT2D eigenvalue weighted by Crippen LogP contribution is -2.31. The summed E-state index contributed by atoms with van der Waals surface area (Å²) in [7, 11) is 0. The molecular formula is C12H18ClN3O2. The van der Waals surface area contributed by atoms with Crippen LogP contribution in [0.2, 0.25) is 5.15 Å². The summed E-state index contributed by atoms with van der Waals surface area (Å²) in [4.78, 5) is 10.7. The van der Waals surface area contributed by atoms with E-state index in [1.807, 2.05) is 11.8 Å². The van der Waals surface area contributed by atoms with Gasteiger partial charge >= 0.3 is 0 Å². The molecule has 1 aliphatic carbocycles. The van der Waals surface area contributed by atoms with Gasteiger partial charge in [0.2, 0.25) is 0 Å². The fourth-order valence-corrected chi connectivity index (χ4v) is 2.06. The average molecular weight is 272 g/mol. The number of rotatable bonds is 6. The van der Waals surface area contributed by atoms with Crippen LogP contribution in [0.3, 0.4) is 0 Å². The second-order valence-electron chi connectivity index (χ2n) is 4.53. The van der Waals surface area contributed by atoms with E-state index >= 15 is 0 Å². The SMILES string of the molecule is Cc1c(Cl)nc(C2CC2)nc1N(CCO)CCO. The summed E-state index contributed by atoms with van der Waals surface area (Å²) >= 11 is 6.13. The minimum atomic E-state index is 0.0137. The van der Waals surface area contributed by atoms with E-state index in [4.69, 9.17) is 21.8 Å². The van der Waals surface area contributed by atoms with Crippen molar-refractivity contribution in [1.82, 2.24) is 9.97 Å². The molecule has 1 aromatic heterocycles. The second kappa shape index (κ2) is 5.82. The lowest BCUT2D eigenvalue weighted by atomic mass is 10.3. The first-order valence-electron chi connectivity index (χ1n) is 6.18. The molecule has 1 aromatic rings. The predicted molar refractivity (Wildman–Crippen MR) is 70.1 cm³/mol. The Hall–Kier alpha value is -0.910. The average Bonchev–Trinajstić information content (AvgIpc) is 3.16. The number of aromatic nitrogens is 2. The molecule has 0 atom stereocenters. The first-order valence-corrected chi connectivity index (χ1v) is 6.56. The van der Waals surface area contributed by atoms with Crippen LogP contribution in [0.4, 0.5) is 5.82 Å². The second-order valence-corrected chi connectivity index (χ2v) is 4.89. The minimum absolute atomic E-state index is 0.0137. The van der Waals surface area contributed by atoms with Gasteiger partial charge in [-0.05, 0) is 19.8 Å². The van der Waals surface area contributed by atoms with E-state index in [1.54, 1.807) is 0 Å². The van der Waals surface area contributed by atoms with Gasteiger partial charge in [-0.1, -0.05) is 11.6 Å². The first-order chi connectivity index (χ1) is 8.67. The van der Waals surface area contributed by atoms with Gasteiger partial charge in [0.25, 0.3) is 0 Å².